The fraction of sp³-hybridized carbons (Fsp3) is 0.391. The molecule has 0 fully saturated rings. The van der Waals surface area contributed by atoms with Gasteiger partial charge in [-0.05, 0) is 40.7 Å². The summed E-state index contributed by atoms with van der Waals surface area (Å²) >= 11 is 0. The fourth-order valence-electron chi connectivity index (χ4n) is 2.87. The minimum atomic E-state index is -0.0650. The number of carbonyl (C=O) groups excluding carboxylic acids is 1. The first-order chi connectivity index (χ1) is 13.3. The Labute approximate surface area is 168 Å². The fourth-order valence-corrected chi connectivity index (χ4v) is 2.87. The molecule has 0 radical (unpaired) electrons. The minimum Gasteiger partial charge on any atom is -0.356 e. The van der Waals surface area contributed by atoms with E-state index >= 15 is 0 Å². The van der Waals surface area contributed by atoms with Gasteiger partial charge in [0, 0.05) is 32.7 Å². The number of rotatable bonds is 6. The number of hydrogen-bond acceptors (Lipinski definition) is 2. The molecule has 0 saturated carbocycles. The number of nitrogens with zero attached hydrogens (tertiary/aromatic N) is 1. The van der Waals surface area contributed by atoms with E-state index in [1.54, 1.807) is 14.1 Å². The van der Waals surface area contributed by atoms with Crippen molar-refractivity contribution in [2.45, 2.75) is 39.2 Å². The van der Waals surface area contributed by atoms with Gasteiger partial charge in [0.25, 0.3) is 5.91 Å². The first-order valence-electron chi connectivity index (χ1n) is 9.68. The van der Waals surface area contributed by atoms with E-state index in [1.165, 1.54) is 11.1 Å². The topological polar surface area (TPSA) is 65.5 Å². The van der Waals surface area contributed by atoms with E-state index < -0.39 is 0 Å². The second kappa shape index (κ2) is 9.93. The van der Waals surface area contributed by atoms with E-state index in [4.69, 9.17) is 0 Å². The van der Waals surface area contributed by atoms with Crippen LogP contribution >= 0.6 is 0 Å². The highest BCUT2D eigenvalue weighted by atomic mass is 16.1. The standard InChI is InChI=1S/C23H32N4O/c1-23(2,3)20-11-9-18(10-12-20)16-27-22(25-5)26-14-13-17-7-6-8-19(15-17)21(28)24-4/h6-12,15H,13-14,16H2,1-5H3,(H,24,28)(H2,25,26,27). The number of benzene rings is 2. The van der Waals surface area contributed by atoms with Crippen LogP contribution in [-0.2, 0) is 18.4 Å². The molecule has 1 amide bonds. The van der Waals surface area contributed by atoms with E-state index in [9.17, 15) is 4.79 Å². The number of nitrogens with one attached hydrogen (secondary N) is 3. The lowest BCUT2D eigenvalue weighted by Crippen LogP contribution is -2.37. The Kier molecular flexibility index (Phi) is 7.61. The molecule has 2 aromatic carbocycles. The molecule has 0 bridgehead atoms. The summed E-state index contributed by atoms with van der Waals surface area (Å²) in [6.45, 7) is 8.11. The number of amides is 1. The Hall–Kier alpha value is -2.82. The third kappa shape index (κ3) is 6.41. The van der Waals surface area contributed by atoms with Crippen molar-refractivity contribution in [2.75, 3.05) is 20.6 Å². The molecule has 0 atom stereocenters. The molecule has 0 aliphatic carbocycles. The van der Waals surface area contributed by atoms with Gasteiger partial charge in [0.05, 0.1) is 0 Å². The van der Waals surface area contributed by atoms with Crippen LogP contribution in [0, 0.1) is 0 Å². The molecule has 5 heteroatoms. The summed E-state index contributed by atoms with van der Waals surface area (Å²) in [4.78, 5) is 16.0. The van der Waals surface area contributed by atoms with Gasteiger partial charge in [0.2, 0.25) is 0 Å². The molecule has 2 aromatic rings. The van der Waals surface area contributed by atoms with Crippen molar-refractivity contribution >= 4 is 11.9 Å². The van der Waals surface area contributed by atoms with Crippen LogP contribution in [0.15, 0.2) is 53.5 Å². The van der Waals surface area contributed by atoms with Crippen molar-refractivity contribution in [1.82, 2.24) is 16.0 Å². The van der Waals surface area contributed by atoms with Gasteiger partial charge in [-0.15, -0.1) is 0 Å². The number of guanidine groups is 1. The summed E-state index contributed by atoms with van der Waals surface area (Å²) in [7, 11) is 3.41. The molecule has 0 spiro atoms. The summed E-state index contributed by atoms with van der Waals surface area (Å²) in [5.74, 6) is 0.701. The second-order valence-electron chi connectivity index (χ2n) is 7.83. The molecule has 0 heterocycles. The molecule has 5 nitrogen and oxygen atoms in total. The third-order valence-electron chi connectivity index (χ3n) is 4.63. The zero-order valence-corrected chi connectivity index (χ0v) is 17.6. The first kappa shape index (κ1) is 21.5. The van der Waals surface area contributed by atoms with Gasteiger partial charge in [0.1, 0.15) is 0 Å². The summed E-state index contributed by atoms with van der Waals surface area (Å²) in [6.07, 6.45) is 0.811. The molecule has 0 aromatic heterocycles. The van der Waals surface area contributed by atoms with Gasteiger partial charge in [-0.3, -0.25) is 9.79 Å². The lowest BCUT2D eigenvalue weighted by atomic mass is 9.87. The van der Waals surface area contributed by atoms with Crippen LogP contribution in [0.4, 0.5) is 0 Å². The highest BCUT2D eigenvalue weighted by Crippen LogP contribution is 2.22. The van der Waals surface area contributed by atoms with Gasteiger partial charge in [0.15, 0.2) is 5.96 Å². The van der Waals surface area contributed by atoms with Crippen molar-refractivity contribution < 1.29 is 4.79 Å². The smallest absolute Gasteiger partial charge is 0.251 e. The van der Waals surface area contributed by atoms with Crippen LogP contribution in [0.2, 0.25) is 0 Å². The van der Waals surface area contributed by atoms with Gasteiger partial charge in [-0.25, -0.2) is 0 Å². The van der Waals surface area contributed by atoms with E-state index in [2.05, 4.69) is 66.0 Å². The zero-order chi connectivity index (χ0) is 20.6. The predicted octanol–water partition coefficient (Wildman–Crippen LogP) is 3.25. The largest absolute Gasteiger partial charge is 0.356 e. The Balaban J connectivity index is 1.83. The molecule has 0 aliphatic heterocycles. The molecule has 0 aliphatic rings. The lowest BCUT2D eigenvalue weighted by molar-refractivity contribution is 0.0963. The second-order valence-corrected chi connectivity index (χ2v) is 7.83. The highest BCUT2D eigenvalue weighted by molar-refractivity contribution is 5.94. The maximum absolute atomic E-state index is 11.7. The SMILES string of the molecule is CN=C(NCCc1cccc(C(=O)NC)c1)NCc1ccc(C(C)(C)C)cc1. The molecule has 3 N–H and O–H groups in total. The maximum Gasteiger partial charge on any atom is 0.251 e. The van der Waals surface area contributed by atoms with Crippen LogP contribution in [0.5, 0.6) is 0 Å². The minimum absolute atomic E-state index is 0.0650. The summed E-state index contributed by atoms with van der Waals surface area (Å²) in [5.41, 5.74) is 4.51. The Morgan fingerprint density at radius 2 is 1.71 bits per heavy atom. The van der Waals surface area contributed by atoms with Crippen LogP contribution < -0.4 is 16.0 Å². The molecule has 28 heavy (non-hydrogen) atoms. The molecule has 150 valence electrons. The molecule has 2 rings (SSSR count). The zero-order valence-electron chi connectivity index (χ0n) is 17.6. The average molecular weight is 381 g/mol. The van der Waals surface area contributed by atoms with Crippen LogP contribution in [0.25, 0.3) is 0 Å². The molecular formula is C23H32N4O. The van der Waals surface area contributed by atoms with Crippen LogP contribution in [-0.4, -0.2) is 32.5 Å². The van der Waals surface area contributed by atoms with Crippen molar-refractivity contribution in [2.24, 2.45) is 4.99 Å². The Morgan fingerprint density at radius 3 is 2.32 bits per heavy atom. The van der Waals surface area contributed by atoms with Crippen molar-refractivity contribution in [3.8, 4) is 0 Å². The number of aliphatic imine (C=N–C) groups is 1. The van der Waals surface area contributed by atoms with E-state index in [0.29, 0.717) is 5.56 Å². The van der Waals surface area contributed by atoms with E-state index in [-0.39, 0.29) is 11.3 Å². The quantitative estimate of drug-likeness (QED) is 0.532. The van der Waals surface area contributed by atoms with Crippen molar-refractivity contribution in [3.63, 3.8) is 0 Å². The average Bonchev–Trinajstić information content (AvgIpc) is 2.69. The predicted molar refractivity (Wildman–Crippen MR) is 117 cm³/mol. The van der Waals surface area contributed by atoms with Gasteiger partial charge < -0.3 is 16.0 Å². The summed E-state index contributed by atoms with van der Waals surface area (Å²) < 4.78 is 0. The van der Waals surface area contributed by atoms with E-state index in [1.807, 2.05) is 24.3 Å². The number of hydrogen-bond donors (Lipinski definition) is 3. The number of carbonyl (C=O) groups is 1. The Morgan fingerprint density at radius 1 is 1.00 bits per heavy atom. The molecule has 0 saturated heterocycles. The third-order valence-corrected chi connectivity index (χ3v) is 4.63. The normalized spacial score (nSPS) is 11.8. The van der Waals surface area contributed by atoms with E-state index in [0.717, 1.165) is 31.0 Å². The summed E-state index contributed by atoms with van der Waals surface area (Å²) in [5, 5.41) is 9.32. The molecular weight excluding hydrogens is 348 g/mol. The van der Waals surface area contributed by atoms with Crippen molar-refractivity contribution in [3.05, 3.63) is 70.8 Å². The monoisotopic (exact) mass is 380 g/mol. The van der Waals surface area contributed by atoms with Crippen LogP contribution in [0.3, 0.4) is 0 Å². The van der Waals surface area contributed by atoms with Gasteiger partial charge in [-0.2, -0.15) is 0 Å². The van der Waals surface area contributed by atoms with Crippen LogP contribution in [0.1, 0.15) is 47.8 Å². The maximum atomic E-state index is 11.7. The lowest BCUT2D eigenvalue weighted by Gasteiger charge is -2.19. The molecule has 0 unspecified atom stereocenters. The van der Waals surface area contributed by atoms with Gasteiger partial charge >= 0.3 is 0 Å². The Bertz CT molecular complexity index is 804. The summed E-state index contributed by atoms with van der Waals surface area (Å²) in [6, 6.07) is 16.4. The first-order valence-corrected chi connectivity index (χ1v) is 9.68. The van der Waals surface area contributed by atoms with Gasteiger partial charge in [-0.1, -0.05) is 57.2 Å². The van der Waals surface area contributed by atoms with Crippen molar-refractivity contribution in [1.29, 1.82) is 0 Å². The highest BCUT2D eigenvalue weighted by Gasteiger charge is 2.12.